The number of β-lactam (4-membered cyclic amide) rings is 1. The maximum absolute atomic E-state index is 12.9. The summed E-state index contributed by atoms with van der Waals surface area (Å²) in [6, 6.07) is 4.32. The summed E-state index contributed by atoms with van der Waals surface area (Å²) in [6.07, 6.45) is 0. The van der Waals surface area contributed by atoms with Crippen molar-refractivity contribution in [3.8, 4) is 0 Å². The Bertz CT molecular complexity index is 1100. The summed E-state index contributed by atoms with van der Waals surface area (Å²) in [5.41, 5.74) is 0.404. The number of nitrogens with one attached hydrogen (secondary N) is 2. The lowest BCUT2D eigenvalue weighted by atomic mass is 9.96. The van der Waals surface area contributed by atoms with Crippen LogP contribution in [0, 0.1) is 0 Å². The van der Waals surface area contributed by atoms with E-state index >= 15 is 0 Å². The van der Waals surface area contributed by atoms with Crippen LogP contribution in [0.2, 0.25) is 0 Å². The first-order valence-corrected chi connectivity index (χ1v) is 14.4. The summed E-state index contributed by atoms with van der Waals surface area (Å²) < 4.78 is 5.58. The van der Waals surface area contributed by atoms with Gasteiger partial charge in [0.05, 0.1) is 16.9 Å². The molecule has 2 heterocycles. The number of thioether (sulfide) groups is 1. The highest BCUT2D eigenvalue weighted by Gasteiger charge is 2.65. The number of ether oxygens (including phenoxy) is 2. The summed E-state index contributed by atoms with van der Waals surface area (Å²) in [5, 5.41) is 4.90. The quantitative estimate of drug-likeness (QED) is 0.224. The molecule has 1 aromatic rings. The zero-order valence-corrected chi connectivity index (χ0v) is 25.4. The molecule has 3 rings (SSSR count). The van der Waals surface area contributed by atoms with Gasteiger partial charge in [0.25, 0.3) is 0 Å². The van der Waals surface area contributed by atoms with E-state index in [-0.39, 0.29) is 18.0 Å². The van der Waals surface area contributed by atoms with Gasteiger partial charge >= 0.3 is 11.9 Å². The van der Waals surface area contributed by atoms with Crippen molar-refractivity contribution in [1.82, 2.24) is 10.2 Å². The van der Waals surface area contributed by atoms with Gasteiger partial charge in [0.15, 0.2) is 0 Å². The van der Waals surface area contributed by atoms with Crippen LogP contribution in [0.5, 0.6) is 0 Å². The van der Waals surface area contributed by atoms with Crippen molar-refractivity contribution in [2.45, 2.75) is 36.7 Å². The van der Waals surface area contributed by atoms with Gasteiger partial charge in [0.2, 0.25) is 19.4 Å². The van der Waals surface area contributed by atoms with Gasteiger partial charge in [-0.1, -0.05) is 81.7 Å². The average Bonchev–Trinajstić information content (AvgIpc) is 3.12. The molecule has 0 radical (unpaired) electrons. The Hall–Kier alpha value is -0.720. The van der Waals surface area contributed by atoms with Crippen molar-refractivity contribution in [3.63, 3.8) is 0 Å². The van der Waals surface area contributed by atoms with Gasteiger partial charge in [0, 0.05) is 11.6 Å². The van der Waals surface area contributed by atoms with E-state index in [9.17, 15) is 19.2 Å². The second-order valence-electron chi connectivity index (χ2n) is 8.46. The van der Waals surface area contributed by atoms with Gasteiger partial charge in [-0.2, -0.15) is 0 Å². The van der Waals surface area contributed by atoms with Crippen LogP contribution in [0.25, 0.3) is 0 Å². The molecule has 1 aromatic carbocycles. The van der Waals surface area contributed by atoms with Crippen LogP contribution < -0.4 is 10.6 Å². The molecule has 0 aromatic heterocycles. The van der Waals surface area contributed by atoms with Crippen LogP contribution in [0.4, 0.5) is 5.69 Å². The summed E-state index contributed by atoms with van der Waals surface area (Å²) in [5.74, 6) is -2.55. The molecular formula is C21H20Cl7N3O6S. The number of esters is 2. The lowest BCUT2D eigenvalue weighted by Crippen LogP contribution is -2.71. The Morgan fingerprint density at radius 1 is 1.05 bits per heavy atom. The van der Waals surface area contributed by atoms with Gasteiger partial charge in [-0.25, -0.2) is 9.59 Å². The number of amides is 2. The number of anilines is 1. The number of nitrogens with zero attached hydrogens (tertiary/aromatic N) is 1. The van der Waals surface area contributed by atoms with E-state index in [2.05, 4.69) is 10.6 Å². The molecule has 2 amide bonds. The third kappa shape index (κ3) is 7.72. The smallest absolute Gasteiger partial charge is 0.340 e. The van der Waals surface area contributed by atoms with Crippen molar-refractivity contribution in [2.75, 3.05) is 31.0 Å². The molecule has 3 unspecified atom stereocenters. The van der Waals surface area contributed by atoms with Crippen LogP contribution in [0.15, 0.2) is 24.3 Å². The van der Waals surface area contributed by atoms with Gasteiger partial charge in [-0.3, -0.25) is 9.59 Å². The molecule has 38 heavy (non-hydrogen) atoms. The van der Waals surface area contributed by atoms with E-state index in [4.69, 9.17) is 90.7 Å². The van der Waals surface area contributed by atoms with Crippen LogP contribution >= 0.6 is 93.0 Å². The number of fused-ring (bicyclic) bond motifs is 1. The molecule has 9 nitrogen and oxygen atoms in total. The van der Waals surface area contributed by atoms with E-state index in [1.807, 2.05) is 0 Å². The Morgan fingerprint density at radius 2 is 1.66 bits per heavy atom. The number of halogens is 7. The molecule has 210 valence electrons. The van der Waals surface area contributed by atoms with Gasteiger partial charge in [0.1, 0.15) is 30.7 Å². The second kappa shape index (κ2) is 12.4. The third-order valence-electron chi connectivity index (χ3n) is 5.46. The maximum atomic E-state index is 12.9. The molecule has 2 N–H and O–H groups in total. The SMILES string of the molecule is CC1(CCl)S[C@@H]2C(NC(=O)CNc3ccccc3C(=O)OCC(Cl)(Cl)Cl)C(=O)N2C1C(=O)OCC(Cl)(Cl)Cl. The first kappa shape index (κ1) is 31.8. The maximum Gasteiger partial charge on any atom is 0.340 e. The zero-order chi connectivity index (χ0) is 28.5. The molecule has 2 aliphatic heterocycles. The van der Waals surface area contributed by atoms with Gasteiger partial charge < -0.3 is 25.0 Å². The van der Waals surface area contributed by atoms with E-state index in [1.54, 1.807) is 25.1 Å². The van der Waals surface area contributed by atoms with E-state index in [0.29, 0.717) is 5.69 Å². The molecule has 17 heteroatoms. The number of alkyl halides is 7. The van der Waals surface area contributed by atoms with Crippen LogP contribution in [0.1, 0.15) is 17.3 Å². The predicted molar refractivity (Wildman–Crippen MR) is 150 cm³/mol. The largest absolute Gasteiger partial charge is 0.460 e. The number of hydrogen-bond acceptors (Lipinski definition) is 8. The van der Waals surface area contributed by atoms with Gasteiger partial charge in [-0.15, -0.1) is 23.4 Å². The van der Waals surface area contributed by atoms with Crippen molar-refractivity contribution in [3.05, 3.63) is 29.8 Å². The fourth-order valence-corrected chi connectivity index (χ4v) is 6.07. The third-order valence-corrected chi connectivity index (χ3v) is 8.48. The Balaban J connectivity index is 1.61. The predicted octanol–water partition coefficient (Wildman–Crippen LogP) is 4.30. The highest BCUT2D eigenvalue weighted by Crippen LogP contribution is 2.52. The lowest BCUT2D eigenvalue weighted by molar-refractivity contribution is -0.164. The van der Waals surface area contributed by atoms with Crippen molar-refractivity contribution < 1.29 is 28.7 Å². The minimum Gasteiger partial charge on any atom is -0.460 e. The van der Waals surface area contributed by atoms with E-state index in [1.165, 1.54) is 22.7 Å². The number of carbonyl (C=O) groups is 4. The summed E-state index contributed by atoms with van der Waals surface area (Å²) >= 11 is 41.2. The number of para-hydroxylation sites is 1. The van der Waals surface area contributed by atoms with Crippen molar-refractivity contribution in [2.24, 2.45) is 0 Å². The fourth-order valence-electron chi connectivity index (χ4n) is 3.79. The summed E-state index contributed by atoms with van der Waals surface area (Å²) in [4.78, 5) is 52.0. The Morgan fingerprint density at radius 3 is 2.26 bits per heavy atom. The highest BCUT2D eigenvalue weighted by atomic mass is 35.6. The van der Waals surface area contributed by atoms with Crippen molar-refractivity contribution in [1.29, 1.82) is 0 Å². The van der Waals surface area contributed by atoms with Crippen LogP contribution in [0.3, 0.4) is 0 Å². The fraction of sp³-hybridized carbons (Fsp3) is 0.524. The standard InChI is InChI=1S/C21H20Cl7N3O6S/c1-19(7-22)14(18(35)37-9-21(26,27)28)31-15(33)13(16(31)38-19)30-12(32)6-29-11-5-3-2-4-10(11)17(34)36-8-20(23,24)25/h2-5,13-14,16,29H,6-9H2,1H3,(H,30,32)/t13?,14?,16-,19?/m1/s1. The molecule has 4 atom stereocenters. The zero-order valence-electron chi connectivity index (χ0n) is 19.3. The average molecular weight is 691 g/mol. The lowest BCUT2D eigenvalue weighted by Gasteiger charge is -2.44. The summed E-state index contributed by atoms with van der Waals surface area (Å²) in [7, 11) is 0. The first-order chi connectivity index (χ1) is 17.6. The highest BCUT2D eigenvalue weighted by molar-refractivity contribution is 8.01. The minimum atomic E-state index is -1.82. The molecule has 0 spiro atoms. The van der Waals surface area contributed by atoms with Crippen LogP contribution in [-0.4, -0.2) is 84.1 Å². The molecule has 2 aliphatic rings. The number of hydrogen-bond donors (Lipinski definition) is 2. The molecule has 0 bridgehead atoms. The minimum absolute atomic E-state index is 0.0128. The normalized spacial score (nSPS) is 24.8. The Labute approximate surface area is 257 Å². The molecule has 2 fully saturated rings. The van der Waals surface area contributed by atoms with E-state index < -0.39 is 66.8 Å². The Kier molecular flexibility index (Phi) is 10.4. The first-order valence-electron chi connectivity index (χ1n) is 10.7. The molecule has 2 saturated heterocycles. The topological polar surface area (TPSA) is 114 Å². The number of rotatable bonds is 9. The van der Waals surface area contributed by atoms with E-state index in [0.717, 1.165) is 0 Å². The number of benzene rings is 1. The molecule has 0 saturated carbocycles. The summed E-state index contributed by atoms with van der Waals surface area (Å²) in [6.45, 7) is 0.452. The number of carbonyl (C=O) groups excluding carboxylic acids is 4. The van der Waals surface area contributed by atoms with Gasteiger partial charge in [-0.05, 0) is 19.1 Å². The second-order valence-corrected chi connectivity index (χ2v) is 15.4. The molecular weight excluding hydrogens is 670 g/mol. The van der Waals surface area contributed by atoms with Crippen molar-refractivity contribution >= 4 is 122 Å². The van der Waals surface area contributed by atoms with Crippen LogP contribution in [-0.2, 0) is 23.9 Å². The molecule has 0 aliphatic carbocycles. The monoisotopic (exact) mass is 687 g/mol.